The summed E-state index contributed by atoms with van der Waals surface area (Å²) >= 11 is 6.08. The summed E-state index contributed by atoms with van der Waals surface area (Å²) in [5.74, 6) is -0.821. The average molecular weight is 435 g/mol. The van der Waals surface area contributed by atoms with E-state index >= 15 is 0 Å². The van der Waals surface area contributed by atoms with Crippen molar-refractivity contribution in [1.29, 1.82) is 0 Å². The Hall–Kier alpha value is -3.35. The number of para-hydroxylation sites is 1. The number of amides is 2. The number of benzene rings is 3. The van der Waals surface area contributed by atoms with Crippen molar-refractivity contribution in [3.8, 4) is 5.75 Å². The van der Waals surface area contributed by atoms with Crippen LogP contribution in [0.1, 0.15) is 11.6 Å². The second-order valence-electron chi connectivity index (χ2n) is 7.42. The first-order valence-electron chi connectivity index (χ1n) is 9.87. The Kier molecular flexibility index (Phi) is 4.88. The fraction of sp³-hybridized carbons (Fsp3) is 0.167. The summed E-state index contributed by atoms with van der Waals surface area (Å²) in [5, 5.41) is 2.26. The van der Waals surface area contributed by atoms with Crippen LogP contribution >= 0.6 is 11.6 Å². The number of carbonyl (C=O) groups is 2. The first-order valence-corrected chi connectivity index (χ1v) is 10.2. The molecule has 2 amide bonds. The fourth-order valence-electron chi connectivity index (χ4n) is 4.22. The van der Waals surface area contributed by atoms with Crippen LogP contribution in [-0.4, -0.2) is 25.0 Å². The summed E-state index contributed by atoms with van der Waals surface area (Å²) in [4.78, 5) is 34.2. The predicted octanol–water partition coefficient (Wildman–Crippen LogP) is 4.40. The molecule has 5 rings (SSSR count). The van der Waals surface area contributed by atoms with Gasteiger partial charge in [-0.2, -0.15) is 0 Å². The van der Waals surface area contributed by atoms with Crippen LogP contribution in [0.3, 0.4) is 0 Å². The molecule has 31 heavy (non-hydrogen) atoms. The molecule has 0 spiro atoms. The van der Waals surface area contributed by atoms with E-state index in [0.29, 0.717) is 16.5 Å². The van der Waals surface area contributed by atoms with Gasteiger partial charge in [-0.3, -0.25) is 14.4 Å². The Morgan fingerprint density at radius 1 is 0.871 bits per heavy atom. The number of halogens is 1. The molecular formula is C24H19ClN2O4. The number of hydrogen-bond donors (Lipinski definition) is 0. The zero-order valence-corrected chi connectivity index (χ0v) is 17.4. The zero-order chi connectivity index (χ0) is 21.5. The topological polar surface area (TPSA) is 59.1 Å². The highest BCUT2D eigenvalue weighted by molar-refractivity contribution is 6.30. The number of rotatable bonds is 4. The number of anilines is 2. The van der Waals surface area contributed by atoms with Gasteiger partial charge in [0, 0.05) is 11.1 Å². The van der Waals surface area contributed by atoms with Crippen molar-refractivity contribution < 1.29 is 19.2 Å². The molecule has 156 valence electrons. The summed E-state index contributed by atoms with van der Waals surface area (Å²) in [7, 11) is 1.54. The monoisotopic (exact) mass is 434 g/mol. The highest BCUT2D eigenvalue weighted by Gasteiger charge is 2.60. The van der Waals surface area contributed by atoms with E-state index in [1.807, 2.05) is 42.5 Å². The van der Waals surface area contributed by atoms with Crippen LogP contribution in [0.5, 0.6) is 5.75 Å². The van der Waals surface area contributed by atoms with E-state index in [2.05, 4.69) is 0 Å². The van der Waals surface area contributed by atoms with Gasteiger partial charge in [0.15, 0.2) is 6.10 Å². The normalized spacial score (nSPS) is 22.7. The number of nitrogens with zero attached hydrogens (tertiary/aromatic N) is 2. The van der Waals surface area contributed by atoms with Gasteiger partial charge in [0.1, 0.15) is 11.7 Å². The first kappa shape index (κ1) is 19.6. The van der Waals surface area contributed by atoms with Crippen LogP contribution in [0.15, 0.2) is 78.9 Å². The Bertz CT molecular complexity index is 1140. The lowest BCUT2D eigenvalue weighted by atomic mass is 9.90. The van der Waals surface area contributed by atoms with Crippen molar-refractivity contribution in [2.75, 3.05) is 17.1 Å². The lowest BCUT2D eigenvalue weighted by Gasteiger charge is -2.28. The van der Waals surface area contributed by atoms with E-state index < -0.39 is 18.1 Å². The van der Waals surface area contributed by atoms with Gasteiger partial charge in [0.05, 0.1) is 24.5 Å². The average Bonchev–Trinajstić information content (AvgIpc) is 3.31. The van der Waals surface area contributed by atoms with Crippen LogP contribution < -0.4 is 14.7 Å². The number of ether oxygens (including phenoxy) is 1. The Morgan fingerprint density at radius 3 is 2.29 bits per heavy atom. The summed E-state index contributed by atoms with van der Waals surface area (Å²) in [6.07, 6.45) is -0.917. The first-order chi connectivity index (χ1) is 15.1. The summed E-state index contributed by atoms with van der Waals surface area (Å²) in [5.41, 5.74) is 2.08. The Morgan fingerprint density at radius 2 is 1.58 bits per heavy atom. The van der Waals surface area contributed by atoms with Gasteiger partial charge in [-0.15, -0.1) is 0 Å². The van der Waals surface area contributed by atoms with Crippen LogP contribution in [-0.2, 0) is 14.4 Å². The van der Waals surface area contributed by atoms with Crippen LogP contribution in [0.2, 0.25) is 5.02 Å². The predicted molar refractivity (Wildman–Crippen MR) is 117 cm³/mol. The van der Waals surface area contributed by atoms with Crippen molar-refractivity contribution >= 4 is 34.8 Å². The quantitative estimate of drug-likeness (QED) is 0.570. The molecular weight excluding hydrogens is 416 g/mol. The van der Waals surface area contributed by atoms with Crippen LogP contribution in [0, 0.1) is 5.92 Å². The molecule has 2 aliphatic heterocycles. The third kappa shape index (κ3) is 3.24. The lowest BCUT2D eigenvalue weighted by Crippen LogP contribution is -2.37. The molecule has 0 aromatic heterocycles. The Balaban J connectivity index is 1.57. The third-order valence-corrected chi connectivity index (χ3v) is 5.90. The van der Waals surface area contributed by atoms with Gasteiger partial charge < -0.3 is 4.74 Å². The van der Waals surface area contributed by atoms with Crippen molar-refractivity contribution in [1.82, 2.24) is 0 Å². The minimum Gasteiger partial charge on any atom is -0.497 e. The molecule has 2 fully saturated rings. The van der Waals surface area contributed by atoms with E-state index in [9.17, 15) is 9.59 Å². The molecule has 6 nitrogen and oxygen atoms in total. The second kappa shape index (κ2) is 7.72. The maximum absolute atomic E-state index is 13.6. The zero-order valence-electron chi connectivity index (χ0n) is 16.6. The molecule has 0 unspecified atom stereocenters. The minimum absolute atomic E-state index is 0.304. The van der Waals surface area contributed by atoms with E-state index in [1.165, 1.54) is 4.90 Å². The van der Waals surface area contributed by atoms with Gasteiger partial charge in [0.25, 0.3) is 5.91 Å². The molecule has 2 saturated heterocycles. The van der Waals surface area contributed by atoms with Gasteiger partial charge in [-0.05, 0) is 42.0 Å². The smallest absolute Gasteiger partial charge is 0.266 e. The second-order valence-corrected chi connectivity index (χ2v) is 7.86. The molecule has 0 saturated carbocycles. The molecule has 3 atom stereocenters. The van der Waals surface area contributed by atoms with Crippen molar-refractivity contribution in [3.05, 3.63) is 89.4 Å². The largest absolute Gasteiger partial charge is 0.497 e. The van der Waals surface area contributed by atoms with Crippen molar-refractivity contribution in [2.24, 2.45) is 5.92 Å². The van der Waals surface area contributed by atoms with Crippen molar-refractivity contribution in [3.63, 3.8) is 0 Å². The molecule has 0 radical (unpaired) electrons. The fourth-order valence-corrected chi connectivity index (χ4v) is 4.34. The molecule has 2 aliphatic rings. The van der Waals surface area contributed by atoms with E-state index in [4.69, 9.17) is 21.2 Å². The number of hydroxylamine groups is 1. The number of fused-ring (bicyclic) bond motifs is 1. The third-order valence-electron chi connectivity index (χ3n) is 5.65. The number of carbonyl (C=O) groups excluding carboxylic acids is 2. The Labute approximate surface area is 184 Å². The molecule has 3 aromatic rings. The summed E-state index contributed by atoms with van der Waals surface area (Å²) in [6, 6.07) is 23.1. The molecule has 3 aromatic carbocycles. The highest BCUT2D eigenvalue weighted by atomic mass is 35.5. The molecule has 7 heteroatoms. The summed E-state index contributed by atoms with van der Waals surface area (Å²) in [6.45, 7) is 0. The van der Waals surface area contributed by atoms with Gasteiger partial charge in [-0.25, -0.2) is 9.96 Å². The number of methoxy groups -OCH3 is 1. The molecule has 0 aliphatic carbocycles. The number of hydrogen-bond acceptors (Lipinski definition) is 5. The van der Waals surface area contributed by atoms with E-state index in [-0.39, 0.29) is 11.8 Å². The molecule has 0 bridgehead atoms. The number of imide groups is 1. The molecule has 2 heterocycles. The minimum atomic E-state index is -0.917. The highest BCUT2D eigenvalue weighted by Crippen LogP contribution is 2.47. The lowest BCUT2D eigenvalue weighted by molar-refractivity contribution is -0.126. The van der Waals surface area contributed by atoms with Gasteiger partial charge in [-0.1, -0.05) is 48.0 Å². The van der Waals surface area contributed by atoms with Gasteiger partial charge >= 0.3 is 0 Å². The molecule has 0 N–H and O–H groups in total. The van der Waals surface area contributed by atoms with Gasteiger partial charge in [0.2, 0.25) is 5.91 Å². The van der Waals surface area contributed by atoms with Crippen LogP contribution in [0.25, 0.3) is 0 Å². The van der Waals surface area contributed by atoms with E-state index in [0.717, 1.165) is 11.3 Å². The standard InChI is InChI=1S/C24H19ClN2O4/c1-30-19-9-5-8-18(14-19)26-23(28)20-21(15-10-12-16(25)13-11-15)27(31-22(20)24(26)29)17-6-3-2-4-7-17/h2-14,20-22H,1H3/t20-,21-,22+/m1/s1. The van der Waals surface area contributed by atoms with Crippen molar-refractivity contribution in [2.45, 2.75) is 12.1 Å². The SMILES string of the molecule is COc1cccc(N2C(=O)[C@H]3[C@H](ON(c4ccccc4)[C@@H]3c3ccc(Cl)cc3)C2=O)c1. The maximum Gasteiger partial charge on any atom is 0.266 e. The maximum atomic E-state index is 13.6. The van der Waals surface area contributed by atoms with Crippen LogP contribution in [0.4, 0.5) is 11.4 Å². The summed E-state index contributed by atoms with van der Waals surface area (Å²) < 4.78 is 5.25. The van der Waals surface area contributed by atoms with E-state index in [1.54, 1.807) is 48.6 Å².